The van der Waals surface area contributed by atoms with Crippen LogP contribution in [-0.4, -0.2) is 27.7 Å². The van der Waals surface area contributed by atoms with E-state index in [0.717, 1.165) is 0 Å². The van der Waals surface area contributed by atoms with Crippen LogP contribution in [0.15, 0.2) is 36.8 Å². The van der Waals surface area contributed by atoms with Gasteiger partial charge in [0, 0.05) is 11.7 Å². The van der Waals surface area contributed by atoms with Crippen LogP contribution < -0.4 is 5.32 Å². The van der Waals surface area contributed by atoms with Gasteiger partial charge in [0.1, 0.15) is 11.5 Å². The van der Waals surface area contributed by atoms with Crippen molar-refractivity contribution in [2.45, 2.75) is 37.9 Å². The highest BCUT2D eigenvalue weighted by Crippen LogP contribution is 2.37. The summed E-state index contributed by atoms with van der Waals surface area (Å²) in [7, 11) is 0. The van der Waals surface area contributed by atoms with Gasteiger partial charge < -0.3 is 5.32 Å². The van der Waals surface area contributed by atoms with Crippen molar-refractivity contribution < 1.29 is 22.4 Å². The van der Waals surface area contributed by atoms with Gasteiger partial charge in [0.05, 0.1) is 18.4 Å². The summed E-state index contributed by atoms with van der Waals surface area (Å²) in [6.45, 7) is 0. The van der Waals surface area contributed by atoms with Crippen LogP contribution in [0.25, 0.3) is 5.69 Å². The molecule has 134 valence electrons. The fourth-order valence-electron chi connectivity index (χ4n) is 3.15. The molecule has 2 atom stereocenters. The monoisotopic (exact) mass is 355 g/mol. The highest BCUT2D eigenvalue weighted by molar-refractivity contribution is 5.93. The van der Waals surface area contributed by atoms with E-state index in [1.807, 2.05) is 0 Å². The largest absolute Gasteiger partial charge is 0.391 e. The van der Waals surface area contributed by atoms with E-state index >= 15 is 0 Å². The predicted octanol–water partition coefficient (Wildman–Crippen LogP) is 3.86. The number of carbonyl (C=O) groups excluding carboxylic acids is 1. The second-order valence-corrected chi connectivity index (χ2v) is 6.20. The first kappa shape index (κ1) is 17.4. The average Bonchev–Trinajstić information content (AvgIpc) is 3.05. The SMILES string of the molecule is O=C(NC1CCCC(C(F)(F)F)C1)c1cncn1-c1ccc(F)cc1. The second kappa shape index (κ2) is 6.85. The number of hydrogen-bond donors (Lipinski definition) is 1. The molecule has 0 bridgehead atoms. The van der Waals surface area contributed by atoms with Crippen LogP contribution in [-0.2, 0) is 0 Å². The summed E-state index contributed by atoms with van der Waals surface area (Å²) in [5.41, 5.74) is 0.738. The number of nitrogens with one attached hydrogen (secondary N) is 1. The van der Waals surface area contributed by atoms with Crippen molar-refractivity contribution in [1.82, 2.24) is 14.9 Å². The van der Waals surface area contributed by atoms with Gasteiger partial charge in [0.25, 0.3) is 5.91 Å². The molecule has 8 heteroatoms. The number of hydrogen-bond acceptors (Lipinski definition) is 2. The van der Waals surface area contributed by atoms with E-state index in [1.54, 1.807) is 0 Å². The summed E-state index contributed by atoms with van der Waals surface area (Å²) < 4.78 is 53.2. The van der Waals surface area contributed by atoms with Crippen LogP contribution in [0.1, 0.15) is 36.2 Å². The van der Waals surface area contributed by atoms with E-state index in [4.69, 9.17) is 0 Å². The van der Waals surface area contributed by atoms with E-state index in [2.05, 4.69) is 10.3 Å². The molecular formula is C17H17F4N3O. The van der Waals surface area contributed by atoms with Gasteiger partial charge in [-0.2, -0.15) is 13.2 Å². The third-order valence-corrected chi connectivity index (χ3v) is 4.45. The summed E-state index contributed by atoms with van der Waals surface area (Å²) in [5.74, 6) is -2.28. The lowest BCUT2D eigenvalue weighted by atomic mass is 9.85. The lowest BCUT2D eigenvalue weighted by Crippen LogP contribution is -2.42. The molecule has 0 aliphatic heterocycles. The molecule has 1 saturated carbocycles. The molecule has 0 radical (unpaired) electrons. The summed E-state index contributed by atoms with van der Waals surface area (Å²) in [5, 5.41) is 2.67. The molecular weight excluding hydrogens is 338 g/mol. The van der Waals surface area contributed by atoms with Gasteiger partial charge in [-0.05, 0) is 43.5 Å². The maximum atomic E-state index is 13.0. The molecule has 25 heavy (non-hydrogen) atoms. The van der Waals surface area contributed by atoms with E-state index in [-0.39, 0.29) is 18.5 Å². The number of aromatic nitrogens is 2. The minimum atomic E-state index is -4.24. The molecule has 1 aliphatic carbocycles. The predicted molar refractivity (Wildman–Crippen MR) is 82.8 cm³/mol. The zero-order valence-electron chi connectivity index (χ0n) is 13.3. The number of imidazole rings is 1. The summed E-state index contributed by atoms with van der Waals surface area (Å²) in [4.78, 5) is 16.4. The first-order valence-corrected chi connectivity index (χ1v) is 8.00. The smallest absolute Gasteiger partial charge is 0.348 e. The molecule has 1 N–H and O–H groups in total. The highest BCUT2D eigenvalue weighted by Gasteiger charge is 2.42. The van der Waals surface area contributed by atoms with Crippen molar-refractivity contribution in [3.05, 3.63) is 48.3 Å². The zero-order valence-corrected chi connectivity index (χ0v) is 13.3. The van der Waals surface area contributed by atoms with E-state index in [0.29, 0.717) is 18.5 Å². The lowest BCUT2D eigenvalue weighted by molar-refractivity contribution is -0.183. The molecule has 2 unspecified atom stereocenters. The maximum Gasteiger partial charge on any atom is 0.391 e. The maximum absolute atomic E-state index is 13.0. The fraction of sp³-hybridized carbons (Fsp3) is 0.412. The standard InChI is InChI=1S/C17H17F4N3O/c18-12-4-6-14(7-5-12)24-10-22-9-15(24)16(25)23-13-3-1-2-11(8-13)17(19,20)21/h4-7,9-11,13H,1-3,8H2,(H,23,25). The quantitative estimate of drug-likeness (QED) is 0.850. The Bertz CT molecular complexity index is 739. The third-order valence-electron chi connectivity index (χ3n) is 4.45. The summed E-state index contributed by atoms with van der Waals surface area (Å²) in [6, 6.07) is 4.98. The highest BCUT2D eigenvalue weighted by atomic mass is 19.4. The molecule has 1 aromatic carbocycles. The lowest BCUT2D eigenvalue weighted by Gasteiger charge is -2.31. The normalized spacial score (nSPS) is 21.1. The minimum Gasteiger partial charge on any atom is -0.348 e. The van der Waals surface area contributed by atoms with Gasteiger partial charge in [-0.3, -0.25) is 9.36 Å². The van der Waals surface area contributed by atoms with Crippen molar-refractivity contribution in [2.75, 3.05) is 0 Å². The average molecular weight is 355 g/mol. The molecule has 3 rings (SSSR count). The number of nitrogens with zero attached hydrogens (tertiary/aromatic N) is 2. The number of amides is 1. The molecule has 1 heterocycles. The minimum absolute atomic E-state index is 0.101. The van der Waals surface area contributed by atoms with Crippen LogP contribution in [0, 0.1) is 11.7 Å². The molecule has 1 fully saturated rings. The van der Waals surface area contributed by atoms with Crippen LogP contribution in [0.4, 0.5) is 17.6 Å². The van der Waals surface area contributed by atoms with Crippen LogP contribution in [0.5, 0.6) is 0 Å². The van der Waals surface area contributed by atoms with Crippen molar-refractivity contribution in [3.63, 3.8) is 0 Å². The zero-order chi connectivity index (χ0) is 18.0. The molecule has 2 aromatic rings. The van der Waals surface area contributed by atoms with Gasteiger partial charge in [0.2, 0.25) is 0 Å². The Labute approximate surface area is 141 Å². The van der Waals surface area contributed by atoms with Crippen molar-refractivity contribution in [3.8, 4) is 5.69 Å². The molecule has 0 spiro atoms. The van der Waals surface area contributed by atoms with Gasteiger partial charge in [-0.25, -0.2) is 9.37 Å². The second-order valence-electron chi connectivity index (χ2n) is 6.20. The Balaban J connectivity index is 1.72. The topological polar surface area (TPSA) is 46.9 Å². The van der Waals surface area contributed by atoms with Crippen LogP contribution in [0.3, 0.4) is 0 Å². The number of halogens is 4. The molecule has 1 amide bonds. The summed E-state index contributed by atoms with van der Waals surface area (Å²) >= 11 is 0. The molecule has 0 saturated heterocycles. The van der Waals surface area contributed by atoms with Crippen LogP contribution in [0.2, 0.25) is 0 Å². The van der Waals surface area contributed by atoms with E-state index in [1.165, 1.54) is 41.4 Å². The Morgan fingerprint density at radius 2 is 1.92 bits per heavy atom. The first-order valence-electron chi connectivity index (χ1n) is 8.00. The van der Waals surface area contributed by atoms with Gasteiger partial charge in [-0.15, -0.1) is 0 Å². The molecule has 1 aromatic heterocycles. The van der Waals surface area contributed by atoms with Crippen molar-refractivity contribution in [2.24, 2.45) is 5.92 Å². The van der Waals surface area contributed by atoms with Crippen LogP contribution >= 0.6 is 0 Å². The number of alkyl halides is 3. The summed E-state index contributed by atoms with van der Waals surface area (Å²) in [6.07, 6.45) is -0.567. The van der Waals surface area contributed by atoms with Gasteiger partial charge >= 0.3 is 6.18 Å². The van der Waals surface area contributed by atoms with Crippen molar-refractivity contribution in [1.29, 1.82) is 0 Å². The first-order chi connectivity index (χ1) is 11.8. The van der Waals surface area contributed by atoms with Gasteiger partial charge in [-0.1, -0.05) is 6.42 Å². The van der Waals surface area contributed by atoms with E-state index < -0.39 is 29.9 Å². The fourth-order valence-corrected chi connectivity index (χ4v) is 3.15. The molecule has 1 aliphatic rings. The Kier molecular flexibility index (Phi) is 4.78. The Hall–Kier alpha value is -2.38. The number of rotatable bonds is 3. The van der Waals surface area contributed by atoms with E-state index in [9.17, 15) is 22.4 Å². The molecule has 4 nitrogen and oxygen atoms in total. The van der Waals surface area contributed by atoms with Gasteiger partial charge in [0.15, 0.2) is 0 Å². The Morgan fingerprint density at radius 3 is 2.60 bits per heavy atom. The number of benzene rings is 1. The Morgan fingerprint density at radius 1 is 1.20 bits per heavy atom. The van der Waals surface area contributed by atoms with Crippen molar-refractivity contribution >= 4 is 5.91 Å². The number of carbonyl (C=O) groups is 1. The third kappa shape index (κ3) is 4.00.